The summed E-state index contributed by atoms with van der Waals surface area (Å²) in [6.07, 6.45) is 8.13. The van der Waals surface area contributed by atoms with Crippen molar-refractivity contribution < 1.29 is 24.3 Å². The third-order valence-corrected chi connectivity index (χ3v) is 8.82. The van der Waals surface area contributed by atoms with Gasteiger partial charge in [-0.3, -0.25) is 14.5 Å². The first-order valence-electron chi connectivity index (χ1n) is 15.8. The molecular formula is C33H45N7O5. The lowest BCUT2D eigenvalue weighted by Gasteiger charge is -2.31. The molecule has 242 valence electrons. The first-order chi connectivity index (χ1) is 21.8. The Labute approximate surface area is 264 Å². The Morgan fingerprint density at radius 2 is 1.96 bits per heavy atom. The Kier molecular flexibility index (Phi) is 11.0. The Morgan fingerprint density at radius 1 is 1.13 bits per heavy atom. The Balaban J connectivity index is 1.07. The van der Waals surface area contributed by atoms with Gasteiger partial charge in [0.05, 0.1) is 6.10 Å². The maximum absolute atomic E-state index is 12.8. The minimum atomic E-state index is -0.730. The first-order valence-corrected chi connectivity index (χ1v) is 15.8. The standard InChI is InChI=1S/C33H45N7O5/c1-22-5-3-4-6-31(45-34)29(22)20-44-28-8-7-25-18-39(12-9-24(25)15-28)19-27(42)17-35-33(43)30-16-32(37-21-36-30)38-26-10-13-40(14-11-26)23(2)41/h5,7-8,15-16,21,26-27,42H,3-4,6,9-14,17-20,34H2,1-2H3,(H,35,43)(H,36,37,38)/t27-/m0/s1. The van der Waals surface area contributed by atoms with Crippen molar-refractivity contribution in [3.05, 3.63) is 70.4 Å². The fourth-order valence-electron chi connectivity index (χ4n) is 6.16. The molecule has 12 nitrogen and oxygen atoms in total. The molecule has 3 aliphatic rings. The summed E-state index contributed by atoms with van der Waals surface area (Å²) in [5, 5.41) is 16.9. The van der Waals surface area contributed by atoms with Gasteiger partial charge in [0.15, 0.2) is 0 Å². The largest absolute Gasteiger partial charge is 0.489 e. The molecule has 3 heterocycles. The Morgan fingerprint density at radius 3 is 2.73 bits per heavy atom. The van der Waals surface area contributed by atoms with Crippen LogP contribution in [0.1, 0.15) is 67.6 Å². The number of nitrogens with two attached hydrogens (primary N) is 1. The number of amides is 2. The van der Waals surface area contributed by atoms with Crippen molar-refractivity contribution in [3.8, 4) is 5.75 Å². The van der Waals surface area contributed by atoms with Crippen molar-refractivity contribution in [1.29, 1.82) is 0 Å². The molecular weight excluding hydrogens is 574 g/mol. The highest BCUT2D eigenvalue weighted by molar-refractivity contribution is 5.92. The van der Waals surface area contributed by atoms with E-state index < -0.39 is 6.10 Å². The predicted octanol–water partition coefficient (Wildman–Crippen LogP) is 2.70. The molecule has 0 saturated carbocycles. The number of aliphatic hydroxyl groups excluding tert-OH is 1. The van der Waals surface area contributed by atoms with Crippen LogP contribution in [-0.2, 0) is 22.6 Å². The maximum atomic E-state index is 12.8. The van der Waals surface area contributed by atoms with Crippen LogP contribution in [0.4, 0.5) is 5.82 Å². The van der Waals surface area contributed by atoms with Crippen LogP contribution in [0.2, 0.25) is 0 Å². The third kappa shape index (κ3) is 8.80. The molecule has 0 spiro atoms. The summed E-state index contributed by atoms with van der Waals surface area (Å²) in [5.41, 5.74) is 4.84. The quantitative estimate of drug-likeness (QED) is 0.276. The van der Waals surface area contributed by atoms with Gasteiger partial charge in [0.1, 0.15) is 36.0 Å². The van der Waals surface area contributed by atoms with Crippen LogP contribution in [-0.4, -0.2) is 88.2 Å². The van der Waals surface area contributed by atoms with E-state index >= 15 is 0 Å². The number of aliphatic hydroxyl groups is 1. The van der Waals surface area contributed by atoms with Gasteiger partial charge in [0, 0.05) is 70.3 Å². The molecule has 1 aliphatic carbocycles. The van der Waals surface area contributed by atoms with E-state index in [2.05, 4.69) is 50.6 Å². The Hall–Kier alpha value is -4.00. The minimum Gasteiger partial charge on any atom is -0.489 e. The lowest BCUT2D eigenvalue weighted by molar-refractivity contribution is -0.129. The van der Waals surface area contributed by atoms with Gasteiger partial charge in [0.25, 0.3) is 5.91 Å². The molecule has 1 aromatic carbocycles. The highest BCUT2D eigenvalue weighted by Crippen LogP contribution is 2.28. The van der Waals surface area contributed by atoms with Crippen molar-refractivity contribution in [2.45, 2.75) is 71.1 Å². The summed E-state index contributed by atoms with van der Waals surface area (Å²) in [7, 11) is 0. The van der Waals surface area contributed by atoms with E-state index in [-0.39, 0.29) is 30.1 Å². The average molecular weight is 620 g/mol. The third-order valence-electron chi connectivity index (χ3n) is 8.82. The van der Waals surface area contributed by atoms with Gasteiger partial charge in [0.2, 0.25) is 5.91 Å². The minimum absolute atomic E-state index is 0.0892. The number of rotatable bonds is 11. The van der Waals surface area contributed by atoms with Crippen LogP contribution < -0.4 is 21.3 Å². The fraction of sp³-hybridized carbons (Fsp3) is 0.515. The number of hydrogen-bond acceptors (Lipinski definition) is 10. The fourth-order valence-corrected chi connectivity index (χ4v) is 6.16. The molecule has 0 unspecified atom stereocenters. The number of allylic oxidation sites excluding steroid dienone is 2. The van der Waals surface area contributed by atoms with Gasteiger partial charge in [-0.1, -0.05) is 12.1 Å². The monoisotopic (exact) mass is 619 g/mol. The molecule has 1 aromatic heterocycles. The van der Waals surface area contributed by atoms with Crippen LogP contribution in [0, 0.1) is 0 Å². The molecule has 1 atom stereocenters. The van der Waals surface area contributed by atoms with Crippen molar-refractivity contribution in [2.75, 3.05) is 44.6 Å². The molecule has 0 bridgehead atoms. The molecule has 0 radical (unpaired) electrons. The first kappa shape index (κ1) is 32.4. The van der Waals surface area contributed by atoms with E-state index in [0.717, 1.165) is 67.7 Å². The maximum Gasteiger partial charge on any atom is 0.270 e. The summed E-state index contributed by atoms with van der Waals surface area (Å²) >= 11 is 0. The topological polar surface area (TPSA) is 155 Å². The van der Waals surface area contributed by atoms with E-state index in [1.807, 2.05) is 11.0 Å². The van der Waals surface area contributed by atoms with Crippen LogP contribution >= 0.6 is 0 Å². The van der Waals surface area contributed by atoms with Gasteiger partial charge in [-0.25, -0.2) is 9.97 Å². The molecule has 1 fully saturated rings. The molecule has 5 rings (SSSR count). The van der Waals surface area contributed by atoms with Gasteiger partial charge in [-0.15, -0.1) is 0 Å². The van der Waals surface area contributed by atoms with Crippen molar-refractivity contribution in [1.82, 2.24) is 25.1 Å². The number of likely N-dealkylation sites (tertiary alicyclic amines) is 1. The number of ether oxygens (including phenoxy) is 1. The number of hydrogen-bond donors (Lipinski definition) is 4. The number of β-amino-alcohol motifs (C(OH)–C–C–N with tert-alkyl or cyclic N) is 1. The van der Waals surface area contributed by atoms with Crippen LogP contribution in [0.15, 0.2) is 53.6 Å². The number of benzene rings is 1. The van der Waals surface area contributed by atoms with E-state index in [0.29, 0.717) is 38.6 Å². The van der Waals surface area contributed by atoms with E-state index in [1.54, 1.807) is 13.0 Å². The SMILES string of the molecule is CC(=O)N1CCC(Nc2cc(C(=O)NC[C@H](O)CN3CCc4cc(OCC5=C(ON)CCCC=C5C)ccc4C3)ncn2)CC1. The second-order valence-corrected chi connectivity index (χ2v) is 12.1. The molecule has 2 amide bonds. The number of carbonyl (C=O) groups excluding carboxylic acids is 2. The highest BCUT2D eigenvalue weighted by atomic mass is 16.6. The Bertz CT molecular complexity index is 1420. The van der Waals surface area contributed by atoms with Crippen molar-refractivity contribution in [2.24, 2.45) is 5.90 Å². The van der Waals surface area contributed by atoms with Crippen molar-refractivity contribution >= 4 is 17.6 Å². The van der Waals surface area contributed by atoms with Gasteiger partial charge >= 0.3 is 0 Å². The van der Waals surface area contributed by atoms with Crippen LogP contribution in [0.5, 0.6) is 5.75 Å². The number of nitrogens with one attached hydrogen (secondary N) is 2. The molecule has 5 N–H and O–H groups in total. The van der Waals surface area contributed by atoms with E-state index in [1.165, 1.54) is 17.5 Å². The molecule has 2 aromatic rings. The number of nitrogens with zero attached hydrogens (tertiary/aromatic N) is 4. The zero-order valence-electron chi connectivity index (χ0n) is 26.3. The predicted molar refractivity (Wildman–Crippen MR) is 170 cm³/mol. The number of anilines is 1. The zero-order valence-corrected chi connectivity index (χ0v) is 26.3. The molecule has 45 heavy (non-hydrogen) atoms. The summed E-state index contributed by atoms with van der Waals surface area (Å²) in [5.74, 6) is 7.44. The van der Waals surface area contributed by atoms with Crippen molar-refractivity contribution in [3.63, 3.8) is 0 Å². The van der Waals surface area contributed by atoms with Crippen LogP contribution in [0.25, 0.3) is 0 Å². The lowest BCUT2D eigenvalue weighted by Crippen LogP contribution is -2.42. The molecule has 1 saturated heterocycles. The summed E-state index contributed by atoms with van der Waals surface area (Å²) < 4.78 is 6.15. The van der Waals surface area contributed by atoms with Gasteiger partial charge in [-0.05, 0) is 67.9 Å². The van der Waals surface area contributed by atoms with E-state index in [9.17, 15) is 14.7 Å². The second-order valence-electron chi connectivity index (χ2n) is 12.1. The average Bonchev–Trinajstić information content (AvgIpc) is 3.23. The zero-order chi connectivity index (χ0) is 31.8. The normalized spacial score (nSPS) is 18.4. The summed E-state index contributed by atoms with van der Waals surface area (Å²) in [6, 6.07) is 7.96. The smallest absolute Gasteiger partial charge is 0.270 e. The molecule has 2 aliphatic heterocycles. The van der Waals surface area contributed by atoms with Gasteiger partial charge in [-0.2, -0.15) is 5.90 Å². The second kappa shape index (κ2) is 15.3. The number of carbonyl (C=O) groups is 2. The van der Waals surface area contributed by atoms with Crippen LogP contribution in [0.3, 0.4) is 0 Å². The number of aromatic nitrogens is 2. The number of fused-ring (bicyclic) bond motifs is 1. The lowest BCUT2D eigenvalue weighted by atomic mass is 9.99. The summed E-state index contributed by atoms with van der Waals surface area (Å²) in [6.45, 7) is 7.53. The summed E-state index contributed by atoms with van der Waals surface area (Å²) in [4.78, 5) is 41.9. The molecule has 12 heteroatoms. The number of piperidine rings is 1. The van der Waals surface area contributed by atoms with E-state index in [4.69, 9.17) is 15.5 Å². The highest BCUT2D eigenvalue weighted by Gasteiger charge is 2.23. The van der Waals surface area contributed by atoms with Gasteiger partial charge < -0.3 is 30.2 Å².